The molecule has 0 bridgehead atoms. The molecule has 1 atom stereocenters. The number of alkyl halides is 1. The number of nitrogens with zero attached hydrogens (tertiary/aromatic N) is 1. The Balaban J connectivity index is 1.83. The Kier molecular flexibility index (Phi) is 3.66. The van der Waals surface area contributed by atoms with Crippen LogP contribution in [0.25, 0.3) is 10.9 Å². The quantitative estimate of drug-likeness (QED) is 0.624. The highest BCUT2D eigenvalue weighted by atomic mass is 35.5. The van der Waals surface area contributed by atoms with Crippen LogP contribution in [0.5, 0.6) is 0 Å². The second-order valence-electron chi connectivity index (χ2n) is 4.72. The molecule has 3 aromatic rings. The maximum atomic E-state index is 12.9. The van der Waals surface area contributed by atoms with Gasteiger partial charge in [0, 0.05) is 17.5 Å². The normalized spacial score (nSPS) is 12.5. The summed E-state index contributed by atoms with van der Waals surface area (Å²) in [6, 6.07) is 18.3. The monoisotopic (exact) mass is 285 g/mol. The summed E-state index contributed by atoms with van der Waals surface area (Å²) >= 11 is 6.38. The molecule has 20 heavy (non-hydrogen) atoms. The van der Waals surface area contributed by atoms with Crippen molar-refractivity contribution < 1.29 is 4.39 Å². The van der Waals surface area contributed by atoms with Gasteiger partial charge in [0.2, 0.25) is 0 Å². The molecule has 0 aliphatic heterocycles. The molecule has 2 aromatic carbocycles. The van der Waals surface area contributed by atoms with Crippen molar-refractivity contribution in [3.8, 4) is 0 Å². The molecule has 0 radical (unpaired) electrons. The first-order valence-electron chi connectivity index (χ1n) is 6.46. The molecule has 1 nitrogen and oxygen atoms in total. The molecule has 0 saturated carbocycles. The van der Waals surface area contributed by atoms with Crippen LogP contribution in [-0.4, -0.2) is 4.98 Å². The lowest BCUT2D eigenvalue weighted by Gasteiger charge is -2.10. The van der Waals surface area contributed by atoms with Crippen molar-refractivity contribution in [2.45, 2.75) is 11.8 Å². The SMILES string of the molecule is Fc1ccc(C(Cl)Cc2ccc3ccccc3n2)cc1. The summed E-state index contributed by atoms with van der Waals surface area (Å²) in [5.74, 6) is -0.249. The zero-order chi connectivity index (χ0) is 13.9. The van der Waals surface area contributed by atoms with Crippen molar-refractivity contribution in [2.24, 2.45) is 0 Å². The number of hydrogen-bond acceptors (Lipinski definition) is 1. The molecule has 3 heteroatoms. The lowest BCUT2D eigenvalue weighted by atomic mass is 10.1. The summed E-state index contributed by atoms with van der Waals surface area (Å²) in [5.41, 5.74) is 2.81. The molecule has 0 spiro atoms. The van der Waals surface area contributed by atoms with Crippen LogP contribution in [0.4, 0.5) is 4.39 Å². The third-order valence-corrected chi connectivity index (χ3v) is 3.68. The molecule has 0 fully saturated rings. The van der Waals surface area contributed by atoms with E-state index in [1.165, 1.54) is 12.1 Å². The molecule has 100 valence electrons. The third kappa shape index (κ3) is 2.81. The first kappa shape index (κ1) is 13.1. The number of rotatable bonds is 3. The summed E-state index contributed by atoms with van der Waals surface area (Å²) in [4.78, 5) is 4.60. The average molecular weight is 286 g/mol. The summed E-state index contributed by atoms with van der Waals surface area (Å²) in [5, 5.41) is 0.911. The second-order valence-corrected chi connectivity index (χ2v) is 5.25. The largest absolute Gasteiger partial charge is 0.253 e. The van der Waals surface area contributed by atoms with Crippen molar-refractivity contribution in [1.29, 1.82) is 0 Å². The molecule has 0 saturated heterocycles. The fourth-order valence-electron chi connectivity index (χ4n) is 2.19. The van der Waals surface area contributed by atoms with Crippen molar-refractivity contribution in [3.63, 3.8) is 0 Å². The zero-order valence-corrected chi connectivity index (χ0v) is 11.5. The van der Waals surface area contributed by atoms with Crippen molar-refractivity contribution in [1.82, 2.24) is 4.98 Å². The number of pyridine rings is 1. The topological polar surface area (TPSA) is 12.9 Å². The van der Waals surface area contributed by atoms with Gasteiger partial charge in [0.05, 0.1) is 10.9 Å². The van der Waals surface area contributed by atoms with E-state index in [9.17, 15) is 4.39 Å². The fraction of sp³-hybridized carbons (Fsp3) is 0.118. The first-order valence-corrected chi connectivity index (χ1v) is 6.90. The van der Waals surface area contributed by atoms with Gasteiger partial charge in [-0.25, -0.2) is 4.39 Å². The minimum absolute atomic E-state index is 0.204. The fourth-order valence-corrected chi connectivity index (χ4v) is 2.50. The Morgan fingerprint density at radius 3 is 2.50 bits per heavy atom. The maximum Gasteiger partial charge on any atom is 0.123 e. The zero-order valence-electron chi connectivity index (χ0n) is 10.8. The van der Waals surface area contributed by atoms with E-state index in [4.69, 9.17) is 11.6 Å². The molecule has 1 heterocycles. The molecule has 3 rings (SSSR count). The Labute approximate surface area is 122 Å². The van der Waals surface area contributed by atoms with E-state index >= 15 is 0 Å². The highest BCUT2D eigenvalue weighted by Gasteiger charge is 2.10. The predicted molar refractivity (Wildman–Crippen MR) is 80.4 cm³/mol. The van der Waals surface area contributed by atoms with Crippen LogP contribution in [0.1, 0.15) is 16.6 Å². The highest BCUT2D eigenvalue weighted by Crippen LogP contribution is 2.25. The smallest absolute Gasteiger partial charge is 0.123 e. The summed E-state index contributed by atoms with van der Waals surface area (Å²) in [6.07, 6.45) is 0.623. The van der Waals surface area contributed by atoms with E-state index in [-0.39, 0.29) is 11.2 Å². The Hall–Kier alpha value is -1.93. The number of fused-ring (bicyclic) bond motifs is 1. The second kappa shape index (κ2) is 5.59. The summed E-state index contributed by atoms with van der Waals surface area (Å²) < 4.78 is 12.9. The number of para-hydroxylation sites is 1. The Morgan fingerprint density at radius 1 is 0.950 bits per heavy atom. The summed E-state index contributed by atoms with van der Waals surface area (Å²) in [6.45, 7) is 0. The number of halogens is 2. The number of benzene rings is 2. The van der Waals surface area contributed by atoms with Crippen LogP contribution in [0.3, 0.4) is 0 Å². The molecule has 0 aliphatic rings. The van der Waals surface area contributed by atoms with Crippen molar-refractivity contribution in [2.75, 3.05) is 0 Å². The van der Waals surface area contributed by atoms with Crippen molar-refractivity contribution >= 4 is 22.5 Å². The van der Waals surface area contributed by atoms with Gasteiger partial charge in [0.15, 0.2) is 0 Å². The van der Waals surface area contributed by atoms with Gasteiger partial charge in [-0.15, -0.1) is 11.6 Å². The van der Waals surface area contributed by atoms with Crippen LogP contribution in [-0.2, 0) is 6.42 Å². The minimum atomic E-state index is -0.249. The van der Waals surface area contributed by atoms with Gasteiger partial charge in [-0.2, -0.15) is 0 Å². The Morgan fingerprint density at radius 2 is 1.70 bits per heavy atom. The lowest BCUT2D eigenvalue weighted by molar-refractivity contribution is 0.626. The average Bonchev–Trinajstić information content (AvgIpc) is 2.48. The van der Waals surface area contributed by atoms with Gasteiger partial charge < -0.3 is 0 Å². The van der Waals surface area contributed by atoms with Gasteiger partial charge in [-0.3, -0.25) is 4.98 Å². The third-order valence-electron chi connectivity index (χ3n) is 3.28. The van der Waals surface area contributed by atoms with Crippen LogP contribution in [0, 0.1) is 5.82 Å². The predicted octanol–water partition coefficient (Wildman–Crippen LogP) is 4.90. The van der Waals surface area contributed by atoms with Gasteiger partial charge in [-0.05, 0) is 29.8 Å². The standard InChI is InChI=1S/C17H13ClFN/c18-16(12-5-8-14(19)9-6-12)11-15-10-7-13-3-1-2-4-17(13)20-15/h1-10,16H,11H2. The van der Waals surface area contributed by atoms with E-state index in [0.29, 0.717) is 6.42 Å². The number of hydrogen-bond donors (Lipinski definition) is 0. The van der Waals surface area contributed by atoms with E-state index in [1.807, 2.05) is 36.4 Å². The van der Waals surface area contributed by atoms with Gasteiger partial charge in [-0.1, -0.05) is 36.4 Å². The highest BCUT2D eigenvalue weighted by molar-refractivity contribution is 6.20. The number of aromatic nitrogens is 1. The molecule has 0 amide bonds. The molecular formula is C17H13ClFN. The van der Waals surface area contributed by atoms with Crippen LogP contribution in [0.15, 0.2) is 60.7 Å². The Bertz CT molecular complexity index is 724. The first-order chi connectivity index (χ1) is 9.72. The van der Waals surface area contributed by atoms with E-state index in [0.717, 1.165) is 22.2 Å². The van der Waals surface area contributed by atoms with E-state index < -0.39 is 0 Å². The van der Waals surface area contributed by atoms with E-state index in [1.54, 1.807) is 12.1 Å². The van der Waals surface area contributed by atoms with Crippen LogP contribution >= 0.6 is 11.6 Å². The molecule has 1 aromatic heterocycles. The van der Waals surface area contributed by atoms with E-state index in [2.05, 4.69) is 4.98 Å². The van der Waals surface area contributed by atoms with Gasteiger partial charge in [0.25, 0.3) is 0 Å². The molecule has 1 unspecified atom stereocenters. The summed E-state index contributed by atoms with van der Waals surface area (Å²) in [7, 11) is 0. The lowest BCUT2D eigenvalue weighted by Crippen LogP contribution is -1.98. The molecule has 0 aliphatic carbocycles. The maximum absolute atomic E-state index is 12.9. The van der Waals surface area contributed by atoms with Gasteiger partial charge in [0.1, 0.15) is 5.82 Å². The van der Waals surface area contributed by atoms with Crippen LogP contribution < -0.4 is 0 Å². The van der Waals surface area contributed by atoms with Gasteiger partial charge >= 0.3 is 0 Å². The van der Waals surface area contributed by atoms with Crippen molar-refractivity contribution in [3.05, 3.63) is 77.7 Å². The minimum Gasteiger partial charge on any atom is -0.253 e. The van der Waals surface area contributed by atoms with Crippen LogP contribution in [0.2, 0.25) is 0 Å². The molecule has 0 N–H and O–H groups in total. The molecular weight excluding hydrogens is 273 g/mol.